The van der Waals surface area contributed by atoms with E-state index in [9.17, 15) is 9.59 Å². The first kappa shape index (κ1) is 16.2. The quantitative estimate of drug-likeness (QED) is 0.649. The van der Waals surface area contributed by atoms with Gasteiger partial charge in [-0.1, -0.05) is 28.1 Å². The highest BCUT2D eigenvalue weighted by atomic mass is 79.9. The average Bonchev–Trinajstić information content (AvgIpc) is 2.50. The van der Waals surface area contributed by atoms with Crippen LogP contribution in [-0.2, 0) is 4.79 Å². The van der Waals surface area contributed by atoms with E-state index < -0.39 is 0 Å². The fourth-order valence-corrected chi connectivity index (χ4v) is 2.19. The Labute approximate surface area is 138 Å². The molecule has 0 atom stereocenters. The molecule has 0 heterocycles. The highest BCUT2D eigenvalue weighted by Gasteiger charge is 2.05. The van der Waals surface area contributed by atoms with Gasteiger partial charge in [-0.15, -0.1) is 0 Å². The fraction of sp³-hybridized carbons (Fsp3) is 0.111. The summed E-state index contributed by atoms with van der Waals surface area (Å²) in [6.45, 7) is 3.93. The van der Waals surface area contributed by atoms with Crippen molar-refractivity contribution in [3.63, 3.8) is 0 Å². The van der Waals surface area contributed by atoms with Gasteiger partial charge in [-0.25, -0.2) is 0 Å². The fourth-order valence-electron chi connectivity index (χ4n) is 1.92. The minimum atomic E-state index is -0.320. The topological polar surface area (TPSA) is 46.2 Å². The summed E-state index contributed by atoms with van der Waals surface area (Å²) < 4.78 is 0.903. The molecule has 1 N–H and O–H groups in total. The Hall–Kier alpha value is -2.20. The van der Waals surface area contributed by atoms with E-state index in [0.717, 1.165) is 21.3 Å². The van der Waals surface area contributed by atoms with E-state index >= 15 is 0 Å². The van der Waals surface area contributed by atoms with Crippen LogP contribution >= 0.6 is 15.9 Å². The molecule has 0 aliphatic carbocycles. The largest absolute Gasteiger partial charge is 0.322 e. The second kappa shape index (κ2) is 7.18. The van der Waals surface area contributed by atoms with Crippen molar-refractivity contribution in [2.24, 2.45) is 0 Å². The monoisotopic (exact) mass is 357 g/mol. The lowest BCUT2D eigenvalue weighted by Crippen LogP contribution is -2.10. The van der Waals surface area contributed by atoms with Crippen LogP contribution in [-0.4, -0.2) is 11.7 Å². The standard InChI is InChI=1S/C18H16BrNO2/c1-12-4-3-5-16(13(12)2)20-18(22)11-10-17(21)14-6-8-15(19)9-7-14/h3-11H,1-2H3,(H,20,22)/b11-10+. The highest BCUT2D eigenvalue weighted by molar-refractivity contribution is 9.10. The van der Waals surface area contributed by atoms with Gasteiger partial charge >= 0.3 is 0 Å². The third-order valence-electron chi connectivity index (χ3n) is 3.38. The molecule has 22 heavy (non-hydrogen) atoms. The predicted octanol–water partition coefficient (Wildman–Crippen LogP) is 4.44. The van der Waals surface area contributed by atoms with Crippen LogP contribution in [0.25, 0.3) is 0 Å². The van der Waals surface area contributed by atoms with Crippen LogP contribution in [0.4, 0.5) is 5.69 Å². The van der Waals surface area contributed by atoms with Gasteiger partial charge in [0.15, 0.2) is 5.78 Å². The third-order valence-corrected chi connectivity index (χ3v) is 3.91. The van der Waals surface area contributed by atoms with Gasteiger partial charge in [0.1, 0.15) is 0 Å². The molecule has 4 heteroatoms. The zero-order valence-electron chi connectivity index (χ0n) is 12.4. The van der Waals surface area contributed by atoms with Crippen LogP contribution in [0, 0.1) is 13.8 Å². The number of halogens is 1. The molecular formula is C18H16BrNO2. The summed E-state index contributed by atoms with van der Waals surface area (Å²) in [4.78, 5) is 23.9. The maximum absolute atomic E-state index is 12.0. The minimum absolute atomic E-state index is 0.205. The molecule has 0 saturated heterocycles. The van der Waals surface area contributed by atoms with Crippen LogP contribution < -0.4 is 5.32 Å². The summed E-state index contributed by atoms with van der Waals surface area (Å²) in [5.74, 6) is -0.525. The Morgan fingerprint density at radius 2 is 1.68 bits per heavy atom. The number of allylic oxidation sites excluding steroid dienone is 1. The molecule has 3 nitrogen and oxygen atoms in total. The zero-order chi connectivity index (χ0) is 16.1. The lowest BCUT2D eigenvalue weighted by atomic mass is 10.1. The van der Waals surface area contributed by atoms with Gasteiger partial charge in [-0.2, -0.15) is 0 Å². The predicted molar refractivity (Wildman–Crippen MR) is 92.2 cm³/mol. The average molecular weight is 358 g/mol. The first-order valence-electron chi connectivity index (χ1n) is 6.82. The lowest BCUT2D eigenvalue weighted by Gasteiger charge is -2.08. The van der Waals surface area contributed by atoms with Gasteiger partial charge in [0.25, 0.3) is 0 Å². The minimum Gasteiger partial charge on any atom is -0.322 e. The van der Waals surface area contributed by atoms with Crippen LogP contribution in [0.3, 0.4) is 0 Å². The van der Waals surface area contributed by atoms with Crippen LogP contribution in [0.2, 0.25) is 0 Å². The molecule has 0 fully saturated rings. The summed E-state index contributed by atoms with van der Waals surface area (Å²) in [6.07, 6.45) is 2.54. The van der Waals surface area contributed by atoms with Gasteiger partial charge < -0.3 is 5.32 Å². The Bertz CT molecular complexity index is 733. The van der Waals surface area contributed by atoms with Crippen molar-refractivity contribution in [2.75, 3.05) is 5.32 Å². The zero-order valence-corrected chi connectivity index (χ0v) is 14.0. The number of carbonyl (C=O) groups is 2. The van der Waals surface area contributed by atoms with E-state index in [-0.39, 0.29) is 11.7 Å². The Balaban J connectivity index is 2.03. The number of aryl methyl sites for hydroxylation is 1. The van der Waals surface area contributed by atoms with E-state index in [1.807, 2.05) is 32.0 Å². The SMILES string of the molecule is Cc1cccc(NC(=O)/C=C/C(=O)c2ccc(Br)cc2)c1C. The number of anilines is 1. The number of benzene rings is 2. The molecule has 2 aromatic rings. The van der Waals surface area contributed by atoms with E-state index in [1.54, 1.807) is 24.3 Å². The second-order valence-electron chi connectivity index (χ2n) is 4.94. The number of hydrogen-bond donors (Lipinski definition) is 1. The van der Waals surface area contributed by atoms with Crippen molar-refractivity contribution in [3.05, 3.63) is 75.8 Å². The summed E-state index contributed by atoms with van der Waals surface area (Å²) >= 11 is 3.31. The molecule has 0 aromatic heterocycles. The first-order chi connectivity index (χ1) is 10.5. The number of nitrogens with one attached hydrogen (secondary N) is 1. The Morgan fingerprint density at radius 3 is 2.36 bits per heavy atom. The van der Waals surface area contributed by atoms with E-state index in [2.05, 4.69) is 21.2 Å². The number of ketones is 1. The molecule has 0 unspecified atom stereocenters. The van der Waals surface area contributed by atoms with Gasteiger partial charge in [-0.3, -0.25) is 9.59 Å². The molecule has 0 radical (unpaired) electrons. The van der Waals surface area contributed by atoms with Crippen molar-refractivity contribution in [1.29, 1.82) is 0 Å². The lowest BCUT2D eigenvalue weighted by molar-refractivity contribution is -0.111. The molecule has 0 aliphatic heterocycles. The molecule has 0 saturated carbocycles. The van der Waals surface area contributed by atoms with Crippen LogP contribution in [0.15, 0.2) is 59.1 Å². The first-order valence-corrected chi connectivity index (χ1v) is 7.62. The van der Waals surface area contributed by atoms with Crippen molar-refractivity contribution in [3.8, 4) is 0 Å². The van der Waals surface area contributed by atoms with Gasteiger partial charge in [-0.05, 0) is 61.4 Å². The van der Waals surface area contributed by atoms with Crippen molar-refractivity contribution >= 4 is 33.3 Å². The third kappa shape index (κ3) is 4.15. The molecule has 0 spiro atoms. The molecule has 2 aromatic carbocycles. The normalized spacial score (nSPS) is 10.7. The summed E-state index contributed by atoms with van der Waals surface area (Å²) in [7, 11) is 0. The van der Waals surface area contributed by atoms with Crippen LogP contribution in [0.5, 0.6) is 0 Å². The van der Waals surface area contributed by atoms with Crippen molar-refractivity contribution in [2.45, 2.75) is 13.8 Å². The molecule has 0 aliphatic rings. The van der Waals surface area contributed by atoms with Crippen molar-refractivity contribution in [1.82, 2.24) is 0 Å². The number of rotatable bonds is 4. The van der Waals surface area contributed by atoms with Crippen LogP contribution in [0.1, 0.15) is 21.5 Å². The Morgan fingerprint density at radius 1 is 1.00 bits per heavy atom. The molecule has 0 bridgehead atoms. The summed E-state index contributed by atoms with van der Waals surface area (Å²) in [6, 6.07) is 12.7. The molecular weight excluding hydrogens is 342 g/mol. The van der Waals surface area contributed by atoms with E-state index in [4.69, 9.17) is 0 Å². The van der Waals surface area contributed by atoms with E-state index in [0.29, 0.717) is 5.56 Å². The number of hydrogen-bond acceptors (Lipinski definition) is 2. The second-order valence-corrected chi connectivity index (χ2v) is 5.86. The highest BCUT2D eigenvalue weighted by Crippen LogP contribution is 2.18. The van der Waals surface area contributed by atoms with E-state index in [1.165, 1.54) is 12.2 Å². The maximum Gasteiger partial charge on any atom is 0.248 e. The van der Waals surface area contributed by atoms with Crippen molar-refractivity contribution < 1.29 is 9.59 Å². The summed E-state index contributed by atoms with van der Waals surface area (Å²) in [5, 5.41) is 2.78. The van der Waals surface area contributed by atoms with Gasteiger partial charge in [0.2, 0.25) is 5.91 Å². The molecule has 2 rings (SSSR count). The smallest absolute Gasteiger partial charge is 0.248 e. The Kier molecular flexibility index (Phi) is 5.28. The molecule has 1 amide bonds. The summed E-state index contributed by atoms with van der Waals surface area (Å²) in [5.41, 5.74) is 3.42. The number of carbonyl (C=O) groups excluding carboxylic acids is 2. The number of amides is 1. The maximum atomic E-state index is 12.0. The molecule has 112 valence electrons. The van der Waals surface area contributed by atoms with Gasteiger partial charge in [0, 0.05) is 21.8 Å². The van der Waals surface area contributed by atoms with Gasteiger partial charge in [0.05, 0.1) is 0 Å².